The van der Waals surface area contributed by atoms with Gasteiger partial charge in [0.05, 0.1) is 11.9 Å². The molecule has 0 radical (unpaired) electrons. The van der Waals surface area contributed by atoms with E-state index in [2.05, 4.69) is 15.7 Å². The zero-order valence-corrected chi connectivity index (χ0v) is 17.7. The molecule has 0 saturated carbocycles. The van der Waals surface area contributed by atoms with Crippen molar-refractivity contribution in [1.82, 2.24) is 20.0 Å². The molecule has 0 bridgehead atoms. The number of halogens is 2. The summed E-state index contributed by atoms with van der Waals surface area (Å²) in [6.45, 7) is 1.47. The molecule has 2 amide bonds. The summed E-state index contributed by atoms with van der Waals surface area (Å²) in [5.74, 6) is -0.240. The monoisotopic (exact) mass is 430 g/mol. The van der Waals surface area contributed by atoms with Crippen LogP contribution >= 0.6 is 24.8 Å². The minimum atomic E-state index is -0.122. The Bertz CT molecular complexity index is 751. The van der Waals surface area contributed by atoms with Crippen LogP contribution in [0.2, 0.25) is 0 Å². The molecule has 0 aliphatic rings. The maximum atomic E-state index is 12.1. The number of aromatic nitrogens is 2. The fourth-order valence-corrected chi connectivity index (χ4v) is 2.37. The van der Waals surface area contributed by atoms with E-state index in [9.17, 15) is 9.59 Å². The third kappa shape index (κ3) is 9.07. The highest BCUT2D eigenvalue weighted by Gasteiger charge is 2.08. The van der Waals surface area contributed by atoms with Gasteiger partial charge in [0.1, 0.15) is 6.54 Å². The molecule has 10 heteroatoms. The third-order valence-corrected chi connectivity index (χ3v) is 3.78. The highest BCUT2D eigenvalue weighted by Crippen LogP contribution is 2.13. The number of nitrogen functional groups attached to an aromatic ring is 1. The van der Waals surface area contributed by atoms with Crippen LogP contribution < -0.4 is 16.4 Å². The Morgan fingerprint density at radius 1 is 1.18 bits per heavy atom. The zero-order chi connectivity index (χ0) is 18.9. The summed E-state index contributed by atoms with van der Waals surface area (Å²) in [5, 5.41) is 9.69. The normalized spacial score (nSPS) is 9.96. The van der Waals surface area contributed by atoms with Gasteiger partial charge in [-0.3, -0.25) is 14.3 Å². The summed E-state index contributed by atoms with van der Waals surface area (Å²) >= 11 is 0. The van der Waals surface area contributed by atoms with Crippen molar-refractivity contribution in [2.75, 3.05) is 38.2 Å². The van der Waals surface area contributed by atoms with E-state index in [1.165, 1.54) is 10.9 Å². The molecule has 1 heterocycles. The van der Waals surface area contributed by atoms with Crippen molar-refractivity contribution in [3.05, 3.63) is 42.2 Å². The number of nitrogens with two attached hydrogens (primary N) is 1. The van der Waals surface area contributed by atoms with Gasteiger partial charge in [0, 0.05) is 31.4 Å². The molecule has 8 nitrogen and oxygen atoms in total. The van der Waals surface area contributed by atoms with Gasteiger partial charge in [-0.1, -0.05) is 18.2 Å². The summed E-state index contributed by atoms with van der Waals surface area (Å²) in [7, 11) is 3.89. The Kier molecular flexibility index (Phi) is 11.9. The molecule has 2 aromatic rings. The molecule has 0 fully saturated rings. The van der Waals surface area contributed by atoms with Crippen LogP contribution in [-0.2, 0) is 22.6 Å². The Labute approximate surface area is 177 Å². The maximum Gasteiger partial charge on any atom is 0.241 e. The second-order valence-corrected chi connectivity index (χ2v) is 6.33. The Morgan fingerprint density at radius 2 is 1.89 bits per heavy atom. The first-order chi connectivity index (χ1) is 12.4. The second-order valence-electron chi connectivity index (χ2n) is 6.33. The number of carbonyl (C=O) groups excluding carboxylic acids is 2. The number of nitrogens with zero attached hydrogens (tertiary/aromatic N) is 3. The topological polar surface area (TPSA) is 105 Å². The maximum absolute atomic E-state index is 12.1. The molecule has 1 aromatic carbocycles. The fraction of sp³-hybridized carbons (Fsp3) is 0.389. The van der Waals surface area contributed by atoms with E-state index in [1.807, 2.05) is 43.3 Å². The number of para-hydroxylation sites is 1. The molecule has 0 aliphatic heterocycles. The Morgan fingerprint density at radius 3 is 2.57 bits per heavy atom. The molecule has 0 saturated heterocycles. The summed E-state index contributed by atoms with van der Waals surface area (Å²) in [5.41, 5.74) is 8.08. The molecule has 2 rings (SSSR count). The van der Waals surface area contributed by atoms with Gasteiger partial charge in [-0.05, 0) is 32.1 Å². The molecule has 0 unspecified atom stereocenters. The number of nitrogens with one attached hydrogen (secondary N) is 2. The summed E-state index contributed by atoms with van der Waals surface area (Å²) in [4.78, 5) is 25.9. The summed E-state index contributed by atoms with van der Waals surface area (Å²) < 4.78 is 1.50. The van der Waals surface area contributed by atoms with Crippen molar-refractivity contribution >= 4 is 48.0 Å². The van der Waals surface area contributed by atoms with Gasteiger partial charge in [0.2, 0.25) is 11.8 Å². The number of hydrogen-bond acceptors (Lipinski definition) is 5. The lowest BCUT2D eigenvalue weighted by Crippen LogP contribution is -2.33. The molecule has 4 N–H and O–H groups in total. The zero-order valence-electron chi connectivity index (χ0n) is 16.1. The highest BCUT2D eigenvalue weighted by atomic mass is 35.5. The lowest BCUT2D eigenvalue weighted by atomic mass is 10.1. The van der Waals surface area contributed by atoms with Crippen LogP contribution in [0.5, 0.6) is 0 Å². The molecule has 28 heavy (non-hydrogen) atoms. The molecule has 0 atom stereocenters. The largest absolute Gasteiger partial charge is 0.399 e. The number of amides is 2. The van der Waals surface area contributed by atoms with Crippen LogP contribution in [-0.4, -0.2) is 53.7 Å². The van der Waals surface area contributed by atoms with E-state index in [0.29, 0.717) is 30.8 Å². The van der Waals surface area contributed by atoms with E-state index in [1.54, 1.807) is 6.20 Å². The first-order valence-electron chi connectivity index (χ1n) is 8.51. The average Bonchev–Trinajstić information content (AvgIpc) is 3.00. The fourth-order valence-electron chi connectivity index (χ4n) is 2.37. The minimum Gasteiger partial charge on any atom is -0.399 e. The van der Waals surface area contributed by atoms with E-state index in [-0.39, 0.29) is 43.2 Å². The first kappa shape index (κ1) is 25.7. The Hall–Kier alpha value is -2.29. The SMILES string of the molecule is CN(C)CCNC(=O)Cn1cc(NC(=O)CCc2ccccc2N)cn1.Cl.Cl. The van der Waals surface area contributed by atoms with Crippen LogP contribution in [0.15, 0.2) is 36.7 Å². The quantitative estimate of drug-likeness (QED) is 0.523. The Balaban J connectivity index is 0.00000364. The number of anilines is 2. The second kappa shape index (κ2) is 13.0. The van der Waals surface area contributed by atoms with E-state index < -0.39 is 0 Å². The smallest absolute Gasteiger partial charge is 0.241 e. The molecule has 1 aromatic heterocycles. The molecule has 0 spiro atoms. The van der Waals surface area contributed by atoms with Gasteiger partial charge in [-0.2, -0.15) is 5.10 Å². The standard InChI is InChI=1S/C18H26N6O2.2ClH/c1-23(2)10-9-20-18(26)13-24-12-15(11-21-24)22-17(25)8-7-14-5-3-4-6-16(14)19;;/h3-6,11-12H,7-10,13,19H2,1-2H3,(H,20,26)(H,22,25);2*1H. The number of hydrogen-bond donors (Lipinski definition) is 3. The highest BCUT2D eigenvalue weighted by molar-refractivity contribution is 5.90. The van der Waals surface area contributed by atoms with Crippen LogP contribution in [0.3, 0.4) is 0 Å². The van der Waals surface area contributed by atoms with Crippen LogP contribution in [0.4, 0.5) is 11.4 Å². The van der Waals surface area contributed by atoms with Gasteiger partial charge in [-0.15, -0.1) is 24.8 Å². The predicted octanol–water partition coefficient (Wildman–Crippen LogP) is 1.56. The van der Waals surface area contributed by atoms with Crippen molar-refractivity contribution in [3.8, 4) is 0 Å². The molecular formula is C18H28Cl2N6O2. The van der Waals surface area contributed by atoms with Gasteiger partial charge < -0.3 is 21.3 Å². The van der Waals surface area contributed by atoms with Crippen molar-refractivity contribution in [3.63, 3.8) is 0 Å². The molecule has 0 aliphatic carbocycles. The van der Waals surface area contributed by atoms with E-state index in [0.717, 1.165) is 12.1 Å². The van der Waals surface area contributed by atoms with E-state index >= 15 is 0 Å². The molecule has 156 valence electrons. The van der Waals surface area contributed by atoms with Crippen LogP contribution in [0.25, 0.3) is 0 Å². The number of benzene rings is 1. The lowest BCUT2D eigenvalue weighted by molar-refractivity contribution is -0.121. The van der Waals surface area contributed by atoms with Crippen molar-refractivity contribution in [2.45, 2.75) is 19.4 Å². The lowest BCUT2D eigenvalue weighted by Gasteiger charge is -2.10. The van der Waals surface area contributed by atoms with Gasteiger partial charge in [0.15, 0.2) is 0 Å². The minimum absolute atomic E-state index is 0. The first-order valence-corrected chi connectivity index (χ1v) is 8.51. The average molecular weight is 431 g/mol. The van der Waals surface area contributed by atoms with Crippen molar-refractivity contribution in [1.29, 1.82) is 0 Å². The van der Waals surface area contributed by atoms with Crippen LogP contribution in [0, 0.1) is 0 Å². The van der Waals surface area contributed by atoms with Gasteiger partial charge >= 0.3 is 0 Å². The number of aryl methyl sites for hydroxylation is 1. The van der Waals surface area contributed by atoms with E-state index in [4.69, 9.17) is 5.73 Å². The summed E-state index contributed by atoms with van der Waals surface area (Å²) in [6, 6.07) is 7.50. The van der Waals surface area contributed by atoms with Gasteiger partial charge in [-0.25, -0.2) is 0 Å². The van der Waals surface area contributed by atoms with Crippen LogP contribution in [0.1, 0.15) is 12.0 Å². The number of carbonyl (C=O) groups is 2. The third-order valence-electron chi connectivity index (χ3n) is 3.78. The van der Waals surface area contributed by atoms with Crippen molar-refractivity contribution < 1.29 is 9.59 Å². The van der Waals surface area contributed by atoms with Gasteiger partial charge in [0.25, 0.3) is 0 Å². The molecular weight excluding hydrogens is 403 g/mol. The predicted molar refractivity (Wildman–Crippen MR) is 116 cm³/mol. The number of rotatable bonds is 9. The summed E-state index contributed by atoms with van der Waals surface area (Å²) in [6.07, 6.45) is 4.06. The van der Waals surface area contributed by atoms with Crippen molar-refractivity contribution in [2.24, 2.45) is 0 Å². The number of likely N-dealkylation sites (N-methyl/N-ethyl adjacent to an activating group) is 1.